The summed E-state index contributed by atoms with van der Waals surface area (Å²) < 4.78 is 0. The molecule has 0 aromatic heterocycles. The van der Waals surface area contributed by atoms with Crippen LogP contribution >= 0.6 is 0 Å². The molecule has 64 valence electrons. The van der Waals surface area contributed by atoms with Gasteiger partial charge in [0.05, 0.1) is 0 Å². The summed E-state index contributed by atoms with van der Waals surface area (Å²) in [7, 11) is 1.29. The number of hydrogen-bond acceptors (Lipinski definition) is 0. The minimum absolute atomic E-state index is 0.356. The van der Waals surface area contributed by atoms with Crippen LogP contribution in [0, 0.1) is 0 Å². The lowest BCUT2D eigenvalue weighted by molar-refractivity contribution is 0.769. The van der Waals surface area contributed by atoms with Crippen LogP contribution in [0.15, 0.2) is 12.2 Å². The van der Waals surface area contributed by atoms with Crippen molar-refractivity contribution < 1.29 is 0 Å². The molecule has 0 saturated heterocycles. The minimum Gasteiger partial charge on any atom is -0.100 e. The average molecular weight is 152 g/mol. The van der Waals surface area contributed by atoms with Gasteiger partial charge in [-0.05, 0) is 12.2 Å². The lowest BCUT2D eigenvalue weighted by atomic mass is 9.49. The second-order valence-electron chi connectivity index (χ2n) is 4.12. The largest absolute Gasteiger partial charge is 0.132 e. The van der Waals surface area contributed by atoms with Gasteiger partial charge < -0.3 is 0 Å². The first kappa shape index (κ1) is 10.8. The number of rotatable bonds is 5. The van der Waals surface area contributed by atoms with Crippen molar-refractivity contribution >= 4 is 7.28 Å². The minimum atomic E-state index is 0.356. The van der Waals surface area contributed by atoms with Crippen molar-refractivity contribution in [1.29, 1.82) is 0 Å². The monoisotopic (exact) mass is 152 g/mol. The molecule has 0 atom stereocenters. The SMILES string of the molecule is C=C(C)C(C)(C)BCCCC. The van der Waals surface area contributed by atoms with Crippen molar-refractivity contribution in [1.82, 2.24) is 0 Å². The lowest BCUT2D eigenvalue weighted by Crippen LogP contribution is -2.13. The molecule has 0 unspecified atom stereocenters. The maximum absolute atomic E-state index is 4.01. The quantitative estimate of drug-likeness (QED) is 0.321. The Morgan fingerprint density at radius 1 is 1.45 bits per heavy atom. The highest BCUT2D eigenvalue weighted by atomic mass is 14.1. The number of hydrogen-bond donors (Lipinski definition) is 0. The number of unbranched alkanes of at least 4 members (excludes halogenated alkanes) is 1. The average Bonchev–Trinajstić information content (AvgIpc) is 1.88. The highest BCUT2D eigenvalue weighted by molar-refractivity contribution is 6.40. The first-order valence-electron chi connectivity index (χ1n) is 4.66. The van der Waals surface area contributed by atoms with Crippen LogP contribution in [0.25, 0.3) is 0 Å². The van der Waals surface area contributed by atoms with E-state index in [1.165, 1.54) is 32.0 Å². The zero-order chi connectivity index (χ0) is 8.91. The van der Waals surface area contributed by atoms with Crippen LogP contribution in [0.3, 0.4) is 0 Å². The fourth-order valence-electron chi connectivity index (χ4n) is 1.03. The predicted molar refractivity (Wildman–Crippen MR) is 55.7 cm³/mol. The number of allylic oxidation sites excluding steroid dienone is 1. The van der Waals surface area contributed by atoms with Crippen LogP contribution in [0.5, 0.6) is 0 Å². The lowest BCUT2D eigenvalue weighted by Gasteiger charge is -2.23. The molecule has 11 heavy (non-hydrogen) atoms. The summed E-state index contributed by atoms with van der Waals surface area (Å²) in [5.74, 6) is 0. The van der Waals surface area contributed by atoms with E-state index in [1.54, 1.807) is 0 Å². The fourth-order valence-corrected chi connectivity index (χ4v) is 1.03. The van der Waals surface area contributed by atoms with E-state index in [0.717, 1.165) is 0 Å². The summed E-state index contributed by atoms with van der Waals surface area (Å²) in [5.41, 5.74) is 1.31. The maximum atomic E-state index is 4.01. The van der Waals surface area contributed by atoms with E-state index in [0.29, 0.717) is 5.31 Å². The van der Waals surface area contributed by atoms with E-state index in [9.17, 15) is 0 Å². The predicted octanol–water partition coefficient (Wildman–Crippen LogP) is 3.42. The summed E-state index contributed by atoms with van der Waals surface area (Å²) in [6, 6.07) is 0. The van der Waals surface area contributed by atoms with E-state index >= 15 is 0 Å². The van der Waals surface area contributed by atoms with Crippen LogP contribution in [-0.2, 0) is 0 Å². The van der Waals surface area contributed by atoms with E-state index in [2.05, 4.69) is 34.3 Å². The molecule has 0 aromatic rings. The van der Waals surface area contributed by atoms with Gasteiger partial charge in [0.25, 0.3) is 0 Å². The molecular formula is C10H21B. The molecule has 0 rings (SSSR count). The Balaban J connectivity index is 3.64. The third kappa shape index (κ3) is 4.29. The van der Waals surface area contributed by atoms with Crippen LogP contribution in [-0.4, -0.2) is 7.28 Å². The third-order valence-corrected chi connectivity index (χ3v) is 2.56. The molecule has 0 spiro atoms. The second kappa shape index (κ2) is 4.64. The summed E-state index contributed by atoms with van der Waals surface area (Å²) in [6.07, 6.45) is 4.01. The second-order valence-corrected chi connectivity index (χ2v) is 4.12. The van der Waals surface area contributed by atoms with Gasteiger partial charge in [-0.1, -0.05) is 45.5 Å². The molecule has 0 N–H and O–H groups in total. The van der Waals surface area contributed by atoms with Crippen molar-refractivity contribution in [3.8, 4) is 0 Å². The first-order valence-corrected chi connectivity index (χ1v) is 4.66. The first-order chi connectivity index (χ1) is 5.00. The summed E-state index contributed by atoms with van der Waals surface area (Å²) in [5, 5.41) is 0.356. The van der Waals surface area contributed by atoms with Gasteiger partial charge in [0.15, 0.2) is 0 Å². The van der Waals surface area contributed by atoms with Crippen molar-refractivity contribution in [3.63, 3.8) is 0 Å². The van der Waals surface area contributed by atoms with Crippen LogP contribution in [0.1, 0.15) is 40.5 Å². The molecule has 0 bridgehead atoms. The summed E-state index contributed by atoms with van der Waals surface area (Å²) >= 11 is 0. The topological polar surface area (TPSA) is 0 Å². The molecule has 0 aromatic carbocycles. The summed E-state index contributed by atoms with van der Waals surface area (Å²) in [6.45, 7) is 12.9. The highest BCUT2D eigenvalue weighted by Crippen LogP contribution is 2.32. The molecule has 0 heterocycles. The normalized spacial score (nSPS) is 11.3. The molecule has 0 radical (unpaired) electrons. The molecule has 1 heteroatoms. The van der Waals surface area contributed by atoms with Gasteiger partial charge in [-0.25, -0.2) is 0 Å². The fraction of sp³-hybridized carbons (Fsp3) is 0.800. The van der Waals surface area contributed by atoms with Crippen molar-refractivity contribution in [3.05, 3.63) is 12.2 Å². The van der Waals surface area contributed by atoms with Gasteiger partial charge in [0.1, 0.15) is 7.28 Å². The molecule has 0 saturated carbocycles. The molecular weight excluding hydrogens is 131 g/mol. The zero-order valence-electron chi connectivity index (χ0n) is 8.54. The van der Waals surface area contributed by atoms with Crippen LogP contribution < -0.4 is 0 Å². The van der Waals surface area contributed by atoms with Crippen molar-refractivity contribution in [2.24, 2.45) is 0 Å². The van der Waals surface area contributed by atoms with Crippen LogP contribution in [0.2, 0.25) is 11.6 Å². The Kier molecular flexibility index (Phi) is 4.55. The Morgan fingerprint density at radius 3 is 2.36 bits per heavy atom. The Morgan fingerprint density at radius 2 is 2.00 bits per heavy atom. The Hall–Kier alpha value is -0.195. The Labute approximate surface area is 72.3 Å². The molecule has 0 nitrogen and oxygen atoms in total. The highest BCUT2D eigenvalue weighted by Gasteiger charge is 2.18. The van der Waals surface area contributed by atoms with E-state index in [-0.39, 0.29) is 0 Å². The molecule has 0 amide bonds. The van der Waals surface area contributed by atoms with E-state index in [1.807, 2.05) is 0 Å². The summed E-state index contributed by atoms with van der Waals surface area (Å²) in [4.78, 5) is 0. The van der Waals surface area contributed by atoms with E-state index in [4.69, 9.17) is 0 Å². The van der Waals surface area contributed by atoms with Gasteiger partial charge in [0.2, 0.25) is 0 Å². The maximum Gasteiger partial charge on any atom is 0.132 e. The smallest absolute Gasteiger partial charge is 0.100 e. The molecule has 0 aliphatic heterocycles. The zero-order valence-corrected chi connectivity index (χ0v) is 8.54. The van der Waals surface area contributed by atoms with Crippen LogP contribution in [0.4, 0.5) is 0 Å². The molecule has 0 aliphatic rings. The molecule has 0 aliphatic carbocycles. The van der Waals surface area contributed by atoms with Gasteiger partial charge in [0, 0.05) is 0 Å². The standard InChI is InChI=1S/C10H21B/c1-6-7-8-11-10(4,5)9(2)3/h11H,2,6-8H2,1,3-5H3. The van der Waals surface area contributed by atoms with Gasteiger partial charge >= 0.3 is 0 Å². The third-order valence-electron chi connectivity index (χ3n) is 2.56. The van der Waals surface area contributed by atoms with Gasteiger partial charge in [-0.15, -0.1) is 6.58 Å². The van der Waals surface area contributed by atoms with Crippen molar-refractivity contribution in [2.45, 2.75) is 52.2 Å². The van der Waals surface area contributed by atoms with E-state index < -0.39 is 0 Å². The van der Waals surface area contributed by atoms with Gasteiger partial charge in [-0.3, -0.25) is 0 Å². The molecule has 0 fully saturated rings. The van der Waals surface area contributed by atoms with Crippen molar-refractivity contribution in [2.75, 3.05) is 0 Å². The van der Waals surface area contributed by atoms with Gasteiger partial charge in [-0.2, -0.15) is 0 Å². The Bertz CT molecular complexity index is 125.